The van der Waals surface area contributed by atoms with E-state index in [-0.39, 0.29) is 0 Å². The van der Waals surface area contributed by atoms with E-state index in [0.717, 1.165) is 31.4 Å². The minimum atomic E-state index is 0.690. The summed E-state index contributed by atoms with van der Waals surface area (Å²) >= 11 is 0. The van der Waals surface area contributed by atoms with Gasteiger partial charge in [-0.25, -0.2) is 0 Å². The maximum Gasteiger partial charge on any atom is 0.117 e. The van der Waals surface area contributed by atoms with Gasteiger partial charge < -0.3 is 9.73 Å². The fraction of sp³-hybridized carbons (Fsp3) is 0.750. The molecule has 0 spiro atoms. The monoisotopic (exact) mass is 277 g/mol. The van der Waals surface area contributed by atoms with Gasteiger partial charge in [0.1, 0.15) is 5.76 Å². The predicted molar refractivity (Wildman–Crippen MR) is 80.7 cm³/mol. The highest BCUT2D eigenvalue weighted by atomic mass is 16.3. The molecule has 20 heavy (non-hydrogen) atoms. The maximum atomic E-state index is 5.33. The van der Waals surface area contributed by atoms with Crippen molar-refractivity contribution in [3.05, 3.63) is 24.2 Å². The Bertz CT molecular complexity index is 392. The van der Waals surface area contributed by atoms with Crippen molar-refractivity contribution >= 4 is 0 Å². The molecule has 0 saturated carbocycles. The average molecular weight is 277 g/mol. The zero-order valence-corrected chi connectivity index (χ0v) is 12.6. The zero-order valence-electron chi connectivity index (χ0n) is 12.6. The second kappa shape index (κ2) is 6.74. The van der Waals surface area contributed by atoms with Crippen molar-refractivity contribution in [1.82, 2.24) is 15.1 Å². The molecule has 4 heteroatoms. The lowest BCUT2D eigenvalue weighted by atomic mass is 9.97. The quantitative estimate of drug-likeness (QED) is 0.833. The van der Waals surface area contributed by atoms with Crippen LogP contribution in [0.4, 0.5) is 0 Å². The number of hydrogen-bond donors (Lipinski definition) is 1. The Labute approximate surface area is 122 Å². The molecule has 0 aromatic carbocycles. The number of furan rings is 1. The van der Waals surface area contributed by atoms with E-state index in [1.54, 1.807) is 6.26 Å². The van der Waals surface area contributed by atoms with Crippen molar-refractivity contribution in [3.63, 3.8) is 0 Å². The number of hydrogen-bond acceptors (Lipinski definition) is 4. The van der Waals surface area contributed by atoms with Crippen LogP contribution in [-0.2, 0) is 6.54 Å². The number of piperidine rings is 1. The highest BCUT2D eigenvalue weighted by Gasteiger charge is 2.32. The van der Waals surface area contributed by atoms with Crippen molar-refractivity contribution in [3.8, 4) is 0 Å². The van der Waals surface area contributed by atoms with Gasteiger partial charge in [-0.3, -0.25) is 9.80 Å². The zero-order chi connectivity index (χ0) is 13.8. The van der Waals surface area contributed by atoms with Crippen molar-refractivity contribution in [2.75, 3.05) is 32.7 Å². The summed E-state index contributed by atoms with van der Waals surface area (Å²) in [5, 5.41) is 3.48. The van der Waals surface area contributed by atoms with E-state index in [1.165, 1.54) is 38.9 Å². The van der Waals surface area contributed by atoms with Crippen LogP contribution < -0.4 is 5.32 Å². The van der Waals surface area contributed by atoms with Gasteiger partial charge in [-0.05, 0) is 38.4 Å². The lowest BCUT2D eigenvalue weighted by Gasteiger charge is -2.47. The summed E-state index contributed by atoms with van der Waals surface area (Å²) in [6.07, 6.45) is 5.94. The molecular weight excluding hydrogens is 250 g/mol. The van der Waals surface area contributed by atoms with Crippen LogP contribution in [0.2, 0.25) is 0 Å². The van der Waals surface area contributed by atoms with Gasteiger partial charge in [-0.15, -0.1) is 0 Å². The SMILES string of the molecule is CC1CN2CCCCC2CN1CCNCc1ccco1. The largest absolute Gasteiger partial charge is 0.468 e. The first-order chi connectivity index (χ1) is 9.83. The van der Waals surface area contributed by atoms with Gasteiger partial charge >= 0.3 is 0 Å². The minimum Gasteiger partial charge on any atom is -0.468 e. The van der Waals surface area contributed by atoms with Gasteiger partial charge in [0.05, 0.1) is 12.8 Å². The molecule has 4 nitrogen and oxygen atoms in total. The Morgan fingerprint density at radius 2 is 2.30 bits per heavy atom. The molecule has 1 aromatic heterocycles. The molecule has 2 unspecified atom stereocenters. The second-order valence-corrected chi connectivity index (χ2v) is 6.24. The van der Waals surface area contributed by atoms with Crippen LogP contribution in [0.1, 0.15) is 31.9 Å². The van der Waals surface area contributed by atoms with Crippen molar-refractivity contribution < 1.29 is 4.42 Å². The Morgan fingerprint density at radius 3 is 3.15 bits per heavy atom. The van der Waals surface area contributed by atoms with E-state index in [2.05, 4.69) is 22.0 Å². The number of piperazine rings is 1. The third kappa shape index (κ3) is 3.43. The lowest BCUT2D eigenvalue weighted by Crippen LogP contribution is -2.59. The minimum absolute atomic E-state index is 0.690. The Hall–Kier alpha value is -0.840. The molecule has 2 atom stereocenters. The fourth-order valence-corrected chi connectivity index (χ4v) is 3.57. The summed E-state index contributed by atoms with van der Waals surface area (Å²) < 4.78 is 5.33. The van der Waals surface area contributed by atoms with Crippen LogP contribution in [0.15, 0.2) is 22.8 Å². The topological polar surface area (TPSA) is 31.6 Å². The van der Waals surface area contributed by atoms with Gasteiger partial charge in [-0.1, -0.05) is 6.42 Å². The second-order valence-electron chi connectivity index (χ2n) is 6.24. The first kappa shape index (κ1) is 14.1. The molecular formula is C16H27N3O. The number of nitrogens with one attached hydrogen (secondary N) is 1. The highest BCUT2D eigenvalue weighted by Crippen LogP contribution is 2.23. The fourth-order valence-electron chi connectivity index (χ4n) is 3.57. The molecule has 3 rings (SSSR count). The van der Waals surface area contributed by atoms with E-state index >= 15 is 0 Å². The third-order valence-electron chi connectivity index (χ3n) is 4.77. The van der Waals surface area contributed by atoms with E-state index in [0.29, 0.717) is 6.04 Å². The van der Waals surface area contributed by atoms with E-state index in [1.807, 2.05) is 12.1 Å². The van der Waals surface area contributed by atoms with E-state index in [4.69, 9.17) is 4.42 Å². The summed E-state index contributed by atoms with van der Waals surface area (Å²) in [5.74, 6) is 1.02. The highest BCUT2D eigenvalue weighted by molar-refractivity contribution is 4.97. The van der Waals surface area contributed by atoms with E-state index in [9.17, 15) is 0 Å². The molecule has 0 radical (unpaired) electrons. The Balaban J connectivity index is 1.40. The van der Waals surface area contributed by atoms with Crippen LogP contribution in [0.25, 0.3) is 0 Å². The summed E-state index contributed by atoms with van der Waals surface area (Å²) in [6.45, 7) is 9.22. The van der Waals surface area contributed by atoms with Gasteiger partial charge in [0.15, 0.2) is 0 Å². The van der Waals surface area contributed by atoms with Crippen molar-refractivity contribution in [2.24, 2.45) is 0 Å². The maximum absolute atomic E-state index is 5.33. The third-order valence-corrected chi connectivity index (χ3v) is 4.77. The predicted octanol–water partition coefficient (Wildman–Crippen LogP) is 1.93. The normalized spacial score (nSPS) is 28.4. The molecule has 2 fully saturated rings. The van der Waals surface area contributed by atoms with Gasteiger partial charge in [-0.2, -0.15) is 0 Å². The molecule has 3 heterocycles. The Morgan fingerprint density at radius 1 is 1.35 bits per heavy atom. The molecule has 2 aliphatic rings. The molecule has 0 aliphatic carbocycles. The molecule has 2 saturated heterocycles. The molecule has 2 aliphatic heterocycles. The van der Waals surface area contributed by atoms with Crippen molar-refractivity contribution in [2.45, 2.75) is 44.8 Å². The van der Waals surface area contributed by atoms with Crippen LogP contribution >= 0.6 is 0 Å². The van der Waals surface area contributed by atoms with Crippen molar-refractivity contribution in [1.29, 1.82) is 0 Å². The molecule has 112 valence electrons. The lowest BCUT2D eigenvalue weighted by molar-refractivity contribution is 0.0160. The molecule has 1 N–H and O–H groups in total. The summed E-state index contributed by atoms with van der Waals surface area (Å²) in [7, 11) is 0. The summed E-state index contributed by atoms with van der Waals surface area (Å²) in [6, 6.07) is 5.47. The van der Waals surface area contributed by atoms with Gasteiger partial charge in [0, 0.05) is 38.3 Å². The van der Waals surface area contributed by atoms with Crippen LogP contribution in [-0.4, -0.2) is 54.6 Å². The molecule has 0 bridgehead atoms. The first-order valence-corrected chi connectivity index (χ1v) is 8.04. The van der Waals surface area contributed by atoms with Crippen LogP contribution in [0.5, 0.6) is 0 Å². The average Bonchev–Trinajstić information content (AvgIpc) is 2.97. The molecule has 0 amide bonds. The summed E-state index contributed by atoms with van der Waals surface area (Å²) in [5.41, 5.74) is 0. The van der Waals surface area contributed by atoms with Crippen LogP contribution in [0.3, 0.4) is 0 Å². The van der Waals surface area contributed by atoms with Gasteiger partial charge in [0.25, 0.3) is 0 Å². The van der Waals surface area contributed by atoms with E-state index < -0.39 is 0 Å². The Kier molecular flexibility index (Phi) is 4.76. The number of nitrogens with zero attached hydrogens (tertiary/aromatic N) is 2. The molecule has 1 aromatic rings. The smallest absolute Gasteiger partial charge is 0.117 e. The number of fused-ring (bicyclic) bond motifs is 1. The first-order valence-electron chi connectivity index (χ1n) is 8.04. The standard InChI is InChI=1S/C16H27N3O/c1-14-12-19-8-3-2-5-15(19)13-18(14)9-7-17-11-16-6-4-10-20-16/h4,6,10,14-15,17H,2-3,5,7-9,11-13H2,1H3. The number of rotatable bonds is 5. The van der Waals surface area contributed by atoms with Gasteiger partial charge in [0.2, 0.25) is 0 Å². The van der Waals surface area contributed by atoms with Crippen LogP contribution in [0, 0.1) is 0 Å². The summed E-state index contributed by atoms with van der Waals surface area (Å²) in [4.78, 5) is 5.36.